The zero-order chi connectivity index (χ0) is 13.3. The number of hydrogen-bond acceptors (Lipinski definition) is 3. The van der Waals surface area contributed by atoms with Crippen LogP contribution in [0.3, 0.4) is 0 Å². The number of rotatable bonds is 2. The molecule has 0 amide bonds. The van der Waals surface area contributed by atoms with Crippen molar-refractivity contribution >= 4 is 0 Å². The molecule has 4 nitrogen and oxygen atoms in total. The summed E-state index contributed by atoms with van der Waals surface area (Å²) in [6, 6.07) is 10.2. The van der Waals surface area contributed by atoms with Gasteiger partial charge in [0, 0.05) is 24.6 Å². The molecule has 1 aliphatic heterocycles. The van der Waals surface area contributed by atoms with E-state index in [0.29, 0.717) is 0 Å². The van der Waals surface area contributed by atoms with E-state index in [1.165, 1.54) is 12.8 Å². The standard InChI is InChI=1S/C15H20N4/c1-15(9-6-10-16-11-15)14-17-13(18-19(14)2)12-7-4-3-5-8-12/h3-5,7-8,16H,6,9-11H2,1-2H3. The van der Waals surface area contributed by atoms with Gasteiger partial charge in [-0.25, -0.2) is 4.98 Å². The number of aromatic nitrogens is 3. The van der Waals surface area contributed by atoms with Crippen LogP contribution in [0.5, 0.6) is 0 Å². The fraction of sp³-hybridized carbons (Fsp3) is 0.467. The molecule has 1 fully saturated rings. The quantitative estimate of drug-likeness (QED) is 0.895. The summed E-state index contributed by atoms with van der Waals surface area (Å²) in [7, 11) is 1.99. The van der Waals surface area contributed by atoms with Crippen LogP contribution >= 0.6 is 0 Å². The highest BCUT2D eigenvalue weighted by molar-refractivity contribution is 5.54. The number of nitrogens with one attached hydrogen (secondary N) is 1. The Kier molecular flexibility index (Phi) is 3.11. The molecule has 0 spiro atoms. The molecule has 1 saturated heterocycles. The second kappa shape index (κ2) is 4.78. The van der Waals surface area contributed by atoms with E-state index in [1.807, 2.05) is 29.9 Å². The van der Waals surface area contributed by atoms with E-state index in [-0.39, 0.29) is 5.41 Å². The Bertz CT molecular complexity index is 553. The third-order valence-corrected chi connectivity index (χ3v) is 3.93. The average molecular weight is 256 g/mol. The molecule has 1 atom stereocenters. The van der Waals surface area contributed by atoms with Crippen LogP contribution in [0.15, 0.2) is 30.3 Å². The van der Waals surface area contributed by atoms with E-state index in [2.05, 4.69) is 29.5 Å². The van der Waals surface area contributed by atoms with Gasteiger partial charge in [0.2, 0.25) is 0 Å². The van der Waals surface area contributed by atoms with Gasteiger partial charge in [-0.05, 0) is 19.4 Å². The average Bonchev–Trinajstić information content (AvgIpc) is 2.84. The SMILES string of the molecule is Cn1nc(-c2ccccc2)nc1C1(C)CCCNC1. The summed E-state index contributed by atoms with van der Waals surface area (Å²) in [6.07, 6.45) is 2.37. The summed E-state index contributed by atoms with van der Waals surface area (Å²) in [4.78, 5) is 4.79. The van der Waals surface area contributed by atoms with E-state index >= 15 is 0 Å². The summed E-state index contributed by atoms with van der Waals surface area (Å²) in [5.41, 5.74) is 1.17. The number of benzene rings is 1. The highest BCUT2D eigenvalue weighted by Crippen LogP contribution is 2.30. The Morgan fingerprint density at radius 1 is 1.26 bits per heavy atom. The third kappa shape index (κ3) is 2.28. The normalized spacial score (nSPS) is 23.5. The maximum atomic E-state index is 4.79. The fourth-order valence-corrected chi connectivity index (χ4v) is 2.87. The molecule has 1 unspecified atom stereocenters. The van der Waals surface area contributed by atoms with Crippen LogP contribution in [-0.4, -0.2) is 27.9 Å². The van der Waals surface area contributed by atoms with Gasteiger partial charge in [-0.3, -0.25) is 4.68 Å². The molecule has 100 valence electrons. The van der Waals surface area contributed by atoms with Crippen LogP contribution in [0.2, 0.25) is 0 Å². The number of piperidine rings is 1. The van der Waals surface area contributed by atoms with E-state index < -0.39 is 0 Å². The zero-order valence-electron chi connectivity index (χ0n) is 11.6. The van der Waals surface area contributed by atoms with Crippen LogP contribution in [-0.2, 0) is 12.5 Å². The van der Waals surface area contributed by atoms with Gasteiger partial charge in [0.05, 0.1) is 0 Å². The van der Waals surface area contributed by atoms with E-state index in [9.17, 15) is 0 Å². The lowest BCUT2D eigenvalue weighted by molar-refractivity contribution is 0.314. The lowest BCUT2D eigenvalue weighted by Crippen LogP contribution is -2.42. The lowest BCUT2D eigenvalue weighted by Gasteiger charge is -2.32. The minimum atomic E-state index is 0.0903. The molecule has 19 heavy (non-hydrogen) atoms. The summed E-state index contributed by atoms with van der Waals surface area (Å²) < 4.78 is 1.94. The predicted molar refractivity (Wildman–Crippen MR) is 75.9 cm³/mol. The Morgan fingerprint density at radius 2 is 2.05 bits per heavy atom. The molecule has 0 bridgehead atoms. The molecule has 1 N–H and O–H groups in total. The number of aryl methyl sites for hydroxylation is 1. The minimum Gasteiger partial charge on any atom is -0.316 e. The molecule has 0 radical (unpaired) electrons. The van der Waals surface area contributed by atoms with Crippen molar-refractivity contribution < 1.29 is 0 Å². The first-order chi connectivity index (χ1) is 9.19. The monoisotopic (exact) mass is 256 g/mol. The van der Waals surface area contributed by atoms with Crippen molar-refractivity contribution in [3.05, 3.63) is 36.2 Å². The van der Waals surface area contributed by atoms with Crippen molar-refractivity contribution in [3.8, 4) is 11.4 Å². The van der Waals surface area contributed by atoms with Gasteiger partial charge in [0.15, 0.2) is 5.82 Å². The molecule has 0 aliphatic carbocycles. The molecular weight excluding hydrogens is 236 g/mol. The van der Waals surface area contributed by atoms with E-state index in [0.717, 1.165) is 30.3 Å². The zero-order valence-corrected chi connectivity index (χ0v) is 11.6. The van der Waals surface area contributed by atoms with Crippen LogP contribution in [0.1, 0.15) is 25.6 Å². The largest absolute Gasteiger partial charge is 0.316 e. The predicted octanol–water partition coefficient (Wildman–Crippen LogP) is 2.12. The van der Waals surface area contributed by atoms with Crippen molar-refractivity contribution in [1.82, 2.24) is 20.1 Å². The third-order valence-electron chi connectivity index (χ3n) is 3.93. The van der Waals surface area contributed by atoms with E-state index in [4.69, 9.17) is 4.98 Å². The van der Waals surface area contributed by atoms with Crippen molar-refractivity contribution in [2.75, 3.05) is 13.1 Å². The molecule has 1 aliphatic rings. The van der Waals surface area contributed by atoms with Gasteiger partial charge >= 0.3 is 0 Å². The van der Waals surface area contributed by atoms with Gasteiger partial charge < -0.3 is 5.32 Å². The highest BCUT2D eigenvalue weighted by atomic mass is 15.3. The van der Waals surface area contributed by atoms with Crippen LogP contribution in [0, 0.1) is 0 Å². The van der Waals surface area contributed by atoms with Gasteiger partial charge in [-0.2, -0.15) is 5.10 Å². The Balaban J connectivity index is 1.98. The fourth-order valence-electron chi connectivity index (χ4n) is 2.87. The first-order valence-electron chi connectivity index (χ1n) is 6.87. The molecule has 2 heterocycles. The molecule has 1 aromatic heterocycles. The van der Waals surface area contributed by atoms with Crippen molar-refractivity contribution in [3.63, 3.8) is 0 Å². The van der Waals surface area contributed by atoms with Crippen molar-refractivity contribution in [1.29, 1.82) is 0 Å². The molecule has 1 aromatic carbocycles. The number of hydrogen-bond donors (Lipinski definition) is 1. The van der Waals surface area contributed by atoms with Gasteiger partial charge in [0.1, 0.15) is 5.82 Å². The summed E-state index contributed by atoms with van der Waals surface area (Å²) >= 11 is 0. The maximum Gasteiger partial charge on any atom is 0.181 e. The Hall–Kier alpha value is -1.68. The van der Waals surface area contributed by atoms with Crippen LogP contribution < -0.4 is 5.32 Å². The molecule has 0 saturated carbocycles. The van der Waals surface area contributed by atoms with Gasteiger partial charge in [-0.15, -0.1) is 0 Å². The molecular formula is C15H20N4. The van der Waals surface area contributed by atoms with Gasteiger partial charge in [0.25, 0.3) is 0 Å². The van der Waals surface area contributed by atoms with Crippen molar-refractivity contribution in [2.45, 2.75) is 25.2 Å². The van der Waals surface area contributed by atoms with Crippen molar-refractivity contribution in [2.24, 2.45) is 7.05 Å². The second-order valence-electron chi connectivity index (χ2n) is 5.59. The molecule has 3 rings (SSSR count). The maximum absolute atomic E-state index is 4.79. The minimum absolute atomic E-state index is 0.0903. The summed E-state index contributed by atoms with van der Waals surface area (Å²) in [5.74, 6) is 1.91. The molecule has 2 aromatic rings. The molecule has 4 heteroatoms. The topological polar surface area (TPSA) is 42.7 Å². The van der Waals surface area contributed by atoms with E-state index in [1.54, 1.807) is 0 Å². The smallest absolute Gasteiger partial charge is 0.181 e. The van der Waals surface area contributed by atoms with Crippen LogP contribution in [0.4, 0.5) is 0 Å². The first-order valence-corrected chi connectivity index (χ1v) is 6.87. The van der Waals surface area contributed by atoms with Gasteiger partial charge in [-0.1, -0.05) is 37.3 Å². The lowest BCUT2D eigenvalue weighted by atomic mass is 9.82. The van der Waals surface area contributed by atoms with Crippen LogP contribution in [0.25, 0.3) is 11.4 Å². The Labute approximate surface area is 113 Å². The highest BCUT2D eigenvalue weighted by Gasteiger charge is 2.33. The second-order valence-corrected chi connectivity index (χ2v) is 5.59. The first kappa shape index (κ1) is 12.4. The summed E-state index contributed by atoms with van der Waals surface area (Å²) in [6.45, 7) is 4.37. The number of nitrogens with zero attached hydrogens (tertiary/aromatic N) is 3. The summed E-state index contributed by atoms with van der Waals surface area (Å²) in [5, 5.41) is 8.05. The Morgan fingerprint density at radius 3 is 2.74 bits per heavy atom.